The van der Waals surface area contributed by atoms with Crippen molar-refractivity contribution < 1.29 is 14.3 Å². The molecule has 2 aromatic carbocycles. The van der Waals surface area contributed by atoms with Crippen LogP contribution >= 0.6 is 27.7 Å². The van der Waals surface area contributed by atoms with Gasteiger partial charge in [-0.15, -0.1) is 11.7 Å². The molecule has 0 bridgehead atoms. The maximum Gasteiger partial charge on any atom is 0.234 e. The fourth-order valence-corrected chi connectivity index (χ4v) is 3.65. The van der Waals surface area contributed by atoms with Crippen molar-refractivity contribution in [2.45, 2.75) is 11.7 Å². The number of aromatic nitrogens is 3. The number of allylic oxidation sites excluding steroid dienone is 1. The van der Waals surface area contributed by atoms with E-state index in [0.29, 0.717) is 28.9 Å². The summed E-state index contributed by atoms with van der Waals surface area (Å²) in [5.41, 5.74) is 1.60. The molecule has 148 valence electrons. The molecule has 1 aliphatic rings. The van der Waals surface area contributed by atoms with Gasteiger partial charge in [0.1, 0.15) is 0 Å². The first kappa shape index (κ1) is 19.5. The van der Waals surface area contributed by atoms with E-state index < -0.39 is 0 Å². The van der Waals surface area contributed by atoms with Gasteiger partial charge in [-0.1, -0.05) is 45.9 Å². The number of ether oxygens (including phenoxy) is 2. The number of hydrogen-bond donors (Lipinski definition) is 1. The number of carbonyl (C=O) groups excluding carboxylic acids is 1. The number of fused-ring (bicyclic) bond motifs is 1. The smallest absolute Gasteiger partial charge is 0.234 e. The van der Waals surface area contributed by atoms with E-state index >= 15 is 0 Å². The van der Waals surface area contributed by atoms with Crippen LogP contribution in [0.4, 0.5) is 5.69 Å². The Balaban J connectivity index is 1.42. The number of nitrogens with zero attached hydrogens (tertiary/aromatic N) is 3. The van der Waals surface area contributed by atoms with E-state index in [4.69, 9.17) is 9.47 Å². The quantitative estimate of drug-likeness (QED) is 0.406. The lowest BCUT2D eigenvalue weighted by molar-refractivity contribution is -0.113. The van der Waals surface area contributed by atoms with Gasteiger partial charge in [0, 0.05) is 21.8 Å². The Kier molecular flexibility index (Phi) is 5.86. The second-order valence-electron chi connectivity index (χ2n) is 6.10. The van der Waals surface area contributed by atoms with E-state index in [0.717, 1.165) is 15.9 Å². The highest BCUT2D eigenvalue weighted by Gasteiger charge is 2.16. The Bertz CT molecular complexity index is 1050. The van der Waals surface area contributed by atoms with E-state index in [1.165, 1.54) is 11.8 Å². The number of amides is 1. The molecule has 7 nitrogen and oxygen atoms in total. The van der Waals surface area contributed by atoms with Crippen LogP contribution in [0.2, 0.25) is 0 Å². The molecule has 0 fully saturated rings. The van der Waals surface area contributed by atoms with E-state index in [1.807, 2.05) is 24.3 Å². The minimum atomic E-state index is -0.154. The standard InChI is InChI=1S/C20H17BrN4O3S/c1-2-9-25-19(13-3-5-14(21)6-4-13)23-20(24-25)29-11-18(26)22-15-7-8-16-17(10-15)28-12-27-16/h2-8,10H,1,9,11-12H2,(H,22,26). The van der Waals surface area contributed by atoms with Gasteiger partial charge in [0.15, 0.2) is 17.3 Å². The lowest BCUT2D eigenvalue weighted by atomic mass is 10.2. The van der Waals surface area contributed by atoms with E-state index in [2.05, 4.69) is 37.9 Å². The van der Waals surface area contributed by atoms with Gasteiger partial charge < -0.3 is 14.8 Å². The SMILES string of the molecule is C=CCn1nc(SCC(=O)Nc2ccc3c(c2)OCO3)nc1-c1ccc(Br)cc1. The van der Waals surface area contributed by atoms with Gasteiger partial charge in [0.25, 0.3) is 0 Å². The van der Waals surface area contributed by atoms with Crippen LogP contribution in [-0.4, -0.2) is 33.2 Å². The third-order valence-electron chi connectivity index (χ3n) is 4.05. The number of rotatable bonds is 7. The minimum absolute atomic E-state index is 0.154. The average Bonchev–Trinajstić information content (AvgIpc) is 3.34. The third kappa shape index (κ3) is 4.63. The molecule has 0 atom stereocenters. The number of thioether (sulfide) groups is 1. The molecule has 9 heteroatoms. The van der Waals surface area contributed by atoms with Crippen molar-refractivity contribution in [3.05, 3.63) is 59.6 Å². The Labute approximate surface area is 180 Å². The molecule has 0 saturated heterocycles. The fourth-order valence-electron chi connectivity index (χ4n) is 2.75. The van der Waals surface area contributed by atoms with E-state index in [9.17, 15) is 4.79 Å². The first-order valence-corrected chi connectivity index (χ1v) is 10.5. The van der Waals surface area contributed by atoms with Crippen molar-refractivity contribution in [2.24, 2.45) is 0 Å². The van der Waals surface area contributed by atoms with Gasteiger partial charge in [-0.3, -0.25) is 4.79 Å². The predicted molar refractivity (Wildman–Crippen MR) is 115 cm³/mol. The van der Waals surface area contributed by atoms with Crippen LogP contribution in [0.25, 0.3) is 11.4 Å². The number of halogens is 1. The fraction of sp³-hybridized carbons (Fsp3) is 0.150. The van der Waals surface area contributed by atoms with Crippen molar-refractivity contribution in [3.63, 3.8) is 0 Å². The second-order valence-corrected chi connectivity index (χ2v) is 7.96. The highest BCUT2D eigenvalue weighted by Crippen LogP contribution is 2.34. The van der Waals surface area contributed by atoms with Gasteiger partial charge in [0.2, 0.25) is 17.9 Å². The molecule has 0 radical (unpaired) electrons. The summed E-state index contributed by atoms with van der Waals surface area (Å²) < 4.78 is 13.4. The van der Waals surface area contributed by atoms with E-state index in [1.54, 1.807) is 29.0 Å². The summed E-state index contributed by atoms with van der Waals surface area (Å²) in [6.07, 6.45) is 1.76. The number of anilines is 1. The van der Waals surface area contributed by atoms with Crippen molar-refractivity contribution in [1.82, 2.24) is 14.8 Å². The molecule has 1 aromatic heterocycles. The lowest BCUT2D eigenvalue weighted by Gasteiger charge is -2.05. The van der Waals surface area contributed by atoms with Crippen LogP contribution < -0.4 is 14.8 Å². The van der Waals surface area contributed by atoms with Crippen LogP contribution in [-0.2, 0) is 11.3 Å². The largest absolute Gasteiger partial charge is 0.454 e. The average molecular weight is 473 g/mol. The van der Waals surface area contributed by atoms with Crippen LogP contribution in [0.1, 0.15) is 0 Å². The molecule has 0 saturated carbocycles. The molecule has 0 spiro atoms. The highest BCUT2D eigenvalue weighted by molar-refractivity contribution is 9.10. The molecule has 1 N–H and O–H groups in total. The first-order valence-electron chi connectivity index (χ1n) is 8.76. The van der Waals surface area contributed by atoms with Gasteiger partial charge in [-0.05, 0) is 24.3 Å². The van der Waals surface area contributed by atoms with Crippen LogP contribution in [0.5, 0.6) is 11.5 Å². The van der Waals surface area contributed by atoms with Crippen LogP contribution in [0, 0.1) is 0 Å². The molecular weight excluding hydrogens is 456 g/mol. The summed E-state index contributed by atoms with van der Waals surface area (Å²) in [6, 6.07) is 13.1. The van der Waals surface area contributed by atoms with Crippen molar-refractivity contribution in [3.8, 4) is 22.9 Å². The number of carbonyl (C=O) groups is 1. The van der Waals surface area contributed by atoms with Crippen molar-refractivity contribution in [1.29, 1.82) is 0 Å². The number of hydrogen-bond acceptors (Lipinski definition) is 6. The topological polar surface area (TPSA) is 78.3 Å². The van der Waals surface area contributed by atoms with Crippen LogP contribution in [0.15, 0.2) is 64.7 Å². The normalized spacial score (nSPS) is 12.0. The zero-order valence-electron chi connectivity index (χ0n) is 15.3. The second kappa shape index (κ2) is 8.71. The summed E-state index contributed by atoms with van der Waals surface area (Å²) in [4.78, 5) is 16.9. The molecule has 0 unspecified atom stereocenters. The Hall–Kier alpha value is -2.78. The predicted octanol–water partition coefficient (Wildman–Crippen LogP) is 4.35. The monoisotopic (exact) mass is 472 g/mol. The number of benzene rings is 2. The number of nitrogens with one attached hydrogen (secondary N) is 1. The zero-order valence-corrected chi connectivity index (χ0v) is 17.7. The maximum atomic E-state index is 12.3. The Morgan fingerprint density at radius 3 is 2.83 bits per heavy atom. The lowest BCUT2D eigenvalue weighted by Crippen LogP contribution is -2.14. The van der Waals surface area contributed by atoms with Crippen molar-refractivity contribution >= 4 is 39.3 Å². The Morgan fingerprint density at radius 2 is 2.03 bits per heavy atom. The van der Waals surface area contributed by atoms with Gasteiger partial charge >= 0.3 is 0 Å². The molecule has 0 aliphatic carbocycles. The highest BCUT2D eigenvalue weighted by atomic mass is 79.9. The summed E-state index contributed by atoms with van der Waals surface area (Å²) in [7, 11) is 0. The summed E-state index contributed by atoms with van der Waals surface area (Å²) in [5, 5.41) is 7.87. The van der Waals surface area contributed by atoms with Crippen molar-refractivity contribution in [2.75, 3.05) is 17.9 Å². The first-order chi connectivity index (χ1) is 14.1. The molecule has 3 aromatic rings. The molecular formula is C20H17BrN4O3S. The molecule has 29 heavy (non-hydrogen) atoms. The third-order valence-corrected chi connectivity index (χ3v) is 5.41. The van der Waals surface area contributed by atoms with E-state index in [-0.39, 0.29) is 18.5 Å². The van der Waals surface area contributed by atoms with Gasteiger partial charge in [-0.2, -0.15) is 0 Å². The molecule has 2 heterocycles. The van der Waals surface area contributed by atoms with Gasteiger partial charge in [0.05, 0.1) is 12.3 Å². The van der Waals surface area contributed by atoms with Crippen LogP contribution in [0.3, 0.4) is 0 Å². The minimum Gasteiger partial charge on any atom is -0.454 e. The zero-order chi connectivity index (χ0) is 20.2. The Morgan fingerprint density at radius 1 is 1.24 bits per heavy atom. The van der Waals surface area contributed by atoms with Gasteiger partial charge in [-0.25, -0.2) is 9.67 Å². The summed E-state index contributed by atoms with van der Waals surface area (Å²) >= 11 is 4.71. The molecule has 1 aliphatic heterocycles. The molecule has 4 rings (SSSR count). The maximum absolute atomic E-state index is 12.3. The summed E-state index contributed by atoms with van der Waals surface area (Å²) in [5.74, 6) is 2.07. The molecule has 1 amide bonds. The summed E-state index contributed by atoms with van der Waals surface area (Å²) in [6.45, 7) is 4.50.